The van der Waals surface area contributed by atoms with Crippen molar-refractivity contribution in [3.63, 3.8) is 0 Å². The van der Waals surface area contributed by atoms with Gasteiger partial charge in [-0.05, 0) is 30.8 Å². The van der Waals surface area contributed by atoms with Crippen LogP contribution in [0.25, 0.3) is 11.5 Å². The minimum atomic E-state index is 0.597. The Labute approximate surface area is 128 Å². The van der Waals surface area contributed by atoms with Gasteiger partial charge in [0.05, 0.1) is 31.4 Å². The first-order valence-corrected chi connectivity index (χ1v) is 7.08. The highest BCUT2D eigenvalue weighted by molar-refractivity contribution is 5.54. The van der Waals surface area contributed by atoms with Gasteiger partial charge in [0.1, 0.15) is 12.0 Å². The SMILES string of the molecule is COc1ccc(-c2nc(Cn3cnc(CCN)c3)co2)cc1. The molecule has 114 valence electrons. The molecular weight excluding hydrogens is 280 g/mol. The minimum Gasteiger partial charge on any atom is -0.497 e. The first-order chi connectivity index (χ1) is 10.8. The van der Waals surface area contributed by atoms with Crippen molar-refractivity contribution in [1.29, 1.82) is 0 Å². The molecule has 0 saturated carbocycles. The van der Waals surface area contributed by atoms with Crippen LogP contribution in [-0.2, 0) is 13.0 Å². The van der Waals surface area contributed by atoms with E-state index in [0.717, 1.165) is 29.1 Å². The molecular formula is C16H18N4O2. The number of hydrogen-bond acceptors (Lipinski definition) is 5. The number of nitrogens with zero attached hydrogens (tertiary/aromatic N) is 3. The fourth-order valence-corrected chi connectivity index (χ4v) is 2.20. The Bertz CT molecular complexity index is 731. The third-order valence-electron chi connectivity index (χ3n) is 3.32. The summed E-state index contributed by atoms with van der Waals surface area (Å²) in [5.74, 6) is 1.40. The average molecular weight is 298 g/mol. The minimum absolute atomic E-state index is 0.597. The molecule has 2 N–H and O–H groups in total. The second-order valence-electron chi connectivity index (χ2n) is 4.95. The number of nitrogens with two attached hydrogens (primary N) is 1. The van der Waals surface area contributed by atoms with Crippen molar-refractivity contribution in [3.8, 4) is 17.2 Å². The number of imidazole rings is 1. The summed E-state index contributed by atoms with van der Waals surface area (Å²) < 4.78 is 12.7. The Balaban J connectivity index is 1.72. The number of benzene rings is 1. The molecule has 6 nitrogen and oxygen atoms in total. The van der Waals surface area contributed by atoms with Gasteiger partial charge in [-0.3, -0.25) is 0 Å². The number of rotatable bonds is 6. The maximum Gasteiger partial charge on any atom is 0.226 e. The zero-order valence-corrected chi connectivity index (χ0v) is 12.4. The molecule has 0 saturated heterocycles. The van der Waals surface area contributed by atoms with Gasteiger partial charge in [0.2, 0.25) is 5.89 Å². The second-order valence-corrected chi connectivity index (χ2v) is 4.95. The monoisotopic (exact) mass is 298 g/mol. The third kappa shape index (κ3) is 3.17. The van der Waals surface area contributed by atoms with Crippen LogP contribution < -0.4 is 10.5 Å². The van der Waals surface area contributed by atoms with Crippen LogP contribution in [0, 0.1) is 0 Å². The first-order valence-electron chi connectivity index (χ1n) is 7.08. The van der Waals surface area contributed by atoms with Crippen molar-refractivity contribution in [2.45, 2.75) is 13.0 Å². The van der Waals surface area contributed by atoms with Gasteiger partial charge in [-0.2, -0.15) is 0 Å². The van der Waals surface area contributed by atoms with E-state index in [-0.39, 0.29) is 0 Å². The van der Waals surface area contributed by atoms with E-state index >= 15 is 0 Å². The van der Waals surface area contributed by atoms with E-state index in [4.69, 9.17) is 14.9 Å². The van der Waals surface area contributed by atoms with Gasteiger partial charge in [0.25, 0.3) is 0 Å². The number of methoxy groups -OCH3 is 1. The smallest absolute Gasteiger partial charge is 0.226 e. The van der Waals surface area contributed by atoms with E-state index in [1.807, 2.05) is 35.0 Å². The Kier molecular flexibility index (Phi) is 4.20. The highest BCUT2D eigenvalue weighted by atomic mass is 16.5. The summed E-state index contributed by atoms with van der Waals surface area (Å²) in [4.78, 5) is 8.80. The van der Waals surface area contributed by atoms with Crippen molar-refractivity contribution in [3.05, 3.63) is 54.4 Å². The molecule has 0 spiro atoms. The third-order valence-corrected chi connectivity index (χ3v) is 3.32. The number of aromatic nitrogens is 3. The van der Waals surface area contributed by atoms with Crippen LogP contribution in [0.3, 0.4) is 0 Å². The normalized spacial score (nSPS) is 10.8. The molecule has 2 heterocycles. The predicted octanol–water partition coefficient (Wildman–Crippen LogP) is 2.10. The lowest BCUT2D eigenvalue weighted by atomic mass is 10.2. The highest BCUT2D eigenvalue weighted by Gasteiger charge is 2.08. The number of ether oxygens (including phenoxy) is 1. The van der Waals surface area contributed by atoms with Gasteiger partial charge >= 0.3 is 0 Å². The molecule has 0 aliphatic carbocycles. The van der Waals surface area contributed by atoms with Gasteiger partial charge in [-0.15, -0.1) is 0 Å². The number of oxazole rings is 1. The Hall–Kier alpha value is -2.60. The fourth-order valence-electron chi connectivity index (χ4n) is 2.20. The molecule has 1 aromatic carbocycles. The van der Waals surface area contributed by atoms with Crippen molar-refractivity contribution >= 4 is 0 Å². The van der Waals surface area contributed by atoms with Crippen LogP contribution in [0.5, 0.6) is 5.75 Å². The molecule has 0 unspecified atom stereocenters. The second kappa shape index (κ2) is 6.44. The summed E-state index contributed by atoms with van der Waals surface area (Å²) in [6, 6.07) is 7.61. The van der Waals surface area contributed by atoms with Crippen molar-refractivity contribution in [1.82, 2.24) is 14.5 Å². The fraction of sp³-hybridized carbons (Fsp3) is 0.250. The molecule has 3 aromatic rings. The lowest BCUT2D eigenvalue weighted by molar-refractivity contribution is 0.415. The molecule has 0 amide bonds. The quantitative estimate of drug-likeness (QED) is 0.754. The van der Waals surface area contributed by atoms with Crippen LogP contribution >= 0.6 is 0 Å². The molecule has 2 aromatic heterocycles. The van der Waals surface area contributed by atoms with Gasteiger partial charge in [-0.1, -0.05) is 0 Å². The molecule has 0 fully saturated rings. The van der Waals surface area contributed by atoms with E-state index in [9.17, 15) is 0 Å². The zero-order valence-electron chi connectivity index (χ0n) is 12.4. The molecule has 6 heteroatoms. The van der Waals surface area contributed by atoms with Crippen LogP contribution in [-0.4, -0.2) is 28.2 Å². The summed E-state index contributed by atoms with van der Waals surface area (Å²) in [7, 11) is 1.64. The standard InChI is InChI=1S/C16H18N4O2/c1-21-15-4-2-12(3-5-15)16-19-14(10-22-16)9-20-8-13(6-7-17)18-11-20/h2-5,8,10-11H,6-7,9,17H2,1H3. The summed E-state index contributed by atoms with van der Waals surface area (Å²) >= 11 is 0. The summed E-state index contributed by atoms with van der Waals surface area (Å²) in [6.07, 6.45) is 6.21. The van der Waals surface area contributed by atoms with Crippen LogP contribution in [0.2, 0.25) is 0 Å². The summed E-state index contributed by atoms with van der Waals surface area (Å²) in [6.45, 7) is 1.22. The van der Waals surface area contributed by atoms with Crippen LogP contribution in [0.15, 0.2) is 47.5 Å². The molecule has 0 aliphatic heterocycles. The highest BCUT2D eigenvalue weighted by Crippen LogP contribution is 2.22. The predicted molar refractivity (Wildman–Crippen MR) is 82.6 cm³/mol. The summed E-state index contributed by atoms with van der Waals surface area (Å²) in [5.41, 5.74) is 8.28. The average Bonchev–Trinajstić information content (AvgIpc) is 3.18. The van der Waals surface area contributed by atoms with Crippen LogP contribution in [0.1, 0.15) is 11.4 Å². The maximum absolute atomic E-state index is 5.55. The Morgan fingerprint density at radius 2 is 2.05 bits per heavy atom. The zero-order chi connectivity index (χ0) is 15.4. The summed E-state index contributed by atoms with van der Waals surface area (Å²) in [5, 5.41) is 0. The van der Waals surface area contributed by atoms with E-state index in [2.05, 4.69) is 9.97 Å². The number of hydrogen-bond donors (Lipinski definition) is 1. The van der Waals surface area contributed by atoms with Crippen molar-refractivity contribution in [2.75, 3.05) is 13.7 Å². The molecule has 0 radical (unpaired) electrons. The van der Waals surface area contributed by atoms with E-state index < -0.39 is 0 Å². The van der Waals surface area contributed by atoms with Gasteiger partial charge in [-0.25, -0.2) is 9.97 Å². The molecule has 0 bridgehead atoms. The molecule has 3 rings (SSSR count). The van der Waals surface area contributed by atoms with E-state index in [0.29, 0.717) is 19.0 Å². The van der Waals surface area contributed by atoms with Gasteiger partial charge in [0, 0.05) is 18.2 Å². The van der Waals surface area contributed by atoms with Gasteiger partial charge < -0.3 is 19.5 Å². The topological polar surface area (TPSA) is 79.1 Å². The largest absolute Gasteiger partial charge is 0.497 e. The lowest BCUT2D eigenvalue weighted by Crippen LogP contribution is -2.02. The Morgan fingerprint density at radius 1 is 1.23 bits per heavy atom. The molecule has 0 aliphatic rings. The Morgan fingerprint density at radius 3 is 2.77 bits per heavy atom. The van der Waals surface area contributed by atoms with E-state index in [1.165, 1.54) is 0 Å². The van der Waals surface area contributed by atoms with Crippen LogP contribution in [0.4, 0.5) is 0 Å². The van der Waals surface area contributed by atoms with Crippen molar-refractivity contribution in [2.24, 2.45) is 5.73 Å². The maximum atomic E-state index is 5.55. The van der Waals surface area contributed by atoms with E-state index in [1.54, 1.807) is 19.7 Å². The molecule has 22 heavy (non-hydrogen) atoms. The first kappa shape index (κ1) is 14.3. The lowest BCUT2D eigenvalue weighted by Gasteiger charge is -1.99. The van der Waals surface area contributed by atoms with Gasteiger partial charge in [0.15, 0.2) is 0 Å². The van der Waals surface area contributed by atoms with Crippen molar-refractivity contribution < 1.29 is 9.15 Å². The molecule has 0 atom stereocenters.